The van der Waals surface area contributed by atoms with Crippen LogP contribution in [0.15, 0.2) is 60.9 Å². The Labute approximate surface area is 171 Å². The van der Waals surface area contributed by atoms with Gasteiger partial charge < -0.3 is 15.0 Å². The van der Waals surface area contributed by atoms with E-state index in [4.69, 9.17) is 4.74 Å². The highest BCUT2D eigenvalue weighted by molar-refractivity contribution is 5.59. The molecule has 0 bridgehead atoms. The highest BCUT2D eigenvalue weighted by Gasteiger charge is 2.28. The smallest absolute Gasteiger partial charge is 0.151 e. The van der Waals surface area contributed by atoms with Crippen LogP contribution in [0.4, 0.5) is 5.82 Å². The van der Waals surface area contributed by atoms with E-state index in [1.807, 2.05) is 24.3 Å². The zero-order valence-corrected chi connectivity index (χ0v) is 16.4. The number of hydrogen-bond acceptors (Lipinski definition) is 6. The van der Waals surface area contributed by atoms with Crippen LogP contribution in [-0.2, 0) is 0 Å². The molecule has 0 radical (unpaired) electrons. The minimum Gasteiger partial charge on any atom is -0.493 e. The molecule has 1 unspecified atom stereocenters. The van der Waals surface area contributed by atoms with Crippen molar-refractivity contribution in [1.82, 2.24) is 20.5 Å². The molecule has 0 amide bonds. The Hall–Kier alpha value is -2.99. The van der Waals surface area contributed by atoms with Gasteiger partial charge in [0.05, 0.1) is 12.3 Å². The van der Waals surface area contributed by atoms with Gasteiger partial charge in [-0.15, -0.1) is 10.2 Å². The minimum atomic E-state index is 0.544. The van der Waals surface area contributed by atoms with Gasteiger partial charge in [-0.3, -0.25) is 4.98 Å². The Morgan fingerprint density at radius 3 is 2.66 bits per heavy atom. The normalized spacial score (nSPS) is 18.6. The summed E-state index contributed by atoms with van der Waals surface area (Å²) in [4.78, 5) is 6.34. The Bertz CT molecular complexity index is 941. The molecule has 6 nitrogen and oxygen atoms in total. The average Bonchev–Trinajstić information content (AvgIpc) is 2.76. The number of nitrogens with zero attached hydrogens (tertiary/aromatic N) is 4. The van der Waals surface area contributed by atoms with Crippen LogP contribution in [0.5, 0.6) is 5.75 Å². The average molecular weight is 387 g/mol. The lowest BCUT2D eigenvalue weighted by molar-refractivity contribution is 0.262. The van der Waals surface area contributed by atoms with Crippen LogP contribution in [0.2, 0.25) is 0 Å². The van der Waals surface area contributed by atoms with Crippen molar-refractivity contribution >= 4 is 5.82 Å². The highest BCUT2D eigenvalue weighted by Crippen LogP contribution is 2.33. The maximum atomic E-state index is 5.76. The number of ether oxygens (including phenoxy) is 1. The number of fused-ring (bicyclic) bond motifs is 1. The third kappa shape index (κ3) is 3.93. The second-order valence-corrected chi connectivity index (χ2v) is 7.81. The van der Waals surface area contributed by atoms with Crippen LogP contribution >= 0.6 is 0 Å². The second-order valence-electron chi connectivity index (χ2n) is 7.81. The van der Waals surface area contributed by atoms with Gasteiger partial charge in [-0.05, 0) is 42.3 Å². The molecule has 1 atom stereocenters. The van der Waals surface area contributed by atoms with Gasteiger partial charge in [0.25, 0.3) is 0 Å². The van der Waals surface area contributed by atoms with E-state index in [2.05, 4.69) is 49.7 Å². The van der Waals surface area contributed by atoms with Crippen LogP contribution in [-0.4, -0.2) is 48.0 Å². The van der Waals surface area contributed by atoms with Gasteiger partial charge in [-0.1, -0.05) is 18.2 Å². The van der Waals surface area contributed by atoms with E-state index in [0.717, 1.165) is 62.0 Å². The van der Waals surface area contributed by atoms with E-state index in [9.17, 15) is 0 Å². The molecule has 2 aliphatic rings. The summed E-state index contributed by atoms with van der Waals surface area (Å²) in [7, 11) is 0. The number of anilines is 1. The zero-order chi connectivity index (χ0) is 19.5. The summed E-state index contributed by atoms with van der Waals surface area (Å²) >= 11 is 0. The number of nitrogens with one attached hydrogen (secondary N) is 1. The first-order chi connectivity index (χ1) is 14.4. The first kappa shape index (κ1) is 18.1. The Morgan fingerprint density at radius 2 is 1.83 bits per heavy atom. The molecule has 0 saturated carbocycles. The molecule has 6 heteroatoms. The van der Waals surface area contributed by atoms with Crippen molar-refractivity contribution in [3.05, 3.63) is 66.5 Å². The lowest BCUT2D eigenvalue weighted by Crippen LogP contribution is -2.51. The summed E-state index contributed by atoms with van der Waals surface area (Å²) in [5.41, 5.74) is 3.26. The van der Waals surface area contributed by atoms with Gasteiger partial charge >= 0.3 is 0 Å². The molecule has 29 heavy (non-hydrogen) atoms. The molecule has 0 aliphatic carbocycles. The van der Waals surface area contributed by atoms with Gasteiger partial charge in [0.15, 0.2) is 5.82 Å². The molecule has 1 aromatic carbocycles. The molecule has 1 fully saturated rings. The fourth-order valence-corrected chi connectivity index (χ4v) is 4.15. The molecule has 0 spiro atoms. The van der Waals surface area contributed by atoms with Crippen LogP contribution in [0.1, 0.15) is 17.9 Å². The lowest BCUT2D eigenvalue weighted by Gasteiger charge is -2.40. The van der Waals surface area contributed by atoms with Gasteiger partial charge in [0.1, 0.15) is 5.75 Å². The van der Waals surface area contributed by atoms with E-state index >= 15 is 0 Å². The molecule has 4 heterocycles. The van der Waals surface area contributed by atoms with Crippen molar-refractivity contribution in [3.63, 3.8) is 0 Å². The Morgan fingerprint density at radius 1 is 0.966 bits per heavy atom. The number of aromatic nitrogens is 3. The van der Waals surface area contributed by atoms with Crippen molar-refractivity contribution in [1.29, 1.82) is 0 Å². The maximum Gasteiger partial charge on any atom is 0.151 e. The first-order valence-electron chi connectivity index (χ1n) is 10.3. The van der Waals surface area contributed by atoms with Crippen molar-refractivity contribution in [2.45, 2.75) is 12.3 Å². The molecule has 148 valence electrons. The molecule has 2 aliphatic heterocycles. The molecule has 1 saturated heterocycles. The van der Waals surface area contributed by atoms with E-state index in [0.29, 0.717) is 11.8 Å². The molecular weight excluding hydrogens is 362 g/mol. The number of para-hydroxylation sites is 1. The van der Waals surface area contributed by atoms with Gasteiger partial charge in [-0.25, -0.2) is 0 Å². The third-order valence-corrected chi connectivity index (χ3v) is 5.81. The standard InChI is InChI=1S/C23H25N5O/c1-2-4-22-20(3-1)19(9-12-29-22)14-25-13-17-15-28(16-17)23-6-5-21(26-27-23)18-7-10-24-11-8-18/h1-8,10-11,17,19,25H,9,12-16H2. The quantitative estimate of drug-likeness (QED) is 0.701. The second kappa shape index (κ2) is 8.17. The third-order valence-electron chi connectivity index (χ3n) is 5.81. The van der Waals surface area contributed by atoms with Crippen LogP contribution in [0.3, 0.4) is 0 Å². The Kier molecular flexibility index (Phi) is 5.09. The number of rotatable bonds is 6. The SMILES string of the molecule is c1ccc2c(c1)OCCC2CNCC1CN(c2ccc(-c3ccncc3)nn2)C1. The van der Waals surface area contributed by atoms with Crippen LogP contribution in [0, 0.1) is 5.92 Å². The van der Waals surface area contributed by atoms with Crippen molar-refractivity contribution in [2.75, 3.05) is 37.7 Å². The van der Waals surface area contributed by atoms with E-state index in [-0.39, 0.29) is 0 Å². The summed E-state index contributed by atoms with van der Waals surface area (Å²) in [6.45, 7) is 4.92. The summed E-state index contributed by atoms with van der Waals surface area (Å²) in [5.74, 6) is 3.21. The molecule has 5 rings (SSSR count). The minimum absolute atomic E-state index is 0.544. The van der Waals surface area contributed by atoms with E-state index in [1.54, 1.807) is 12.4 Å². The topological polar surface area (TPSA) is 63.2 Å². The Balaban J connectivity index is 1.09. The van der Waals surface area contributed by atoms with Crippen LogP contribution in [0.25, 0.3) is 11.3 Å². The number of hydrogen-bond donors (Lipinski definition) is 1. The molecule has 1 N–H and O–H groups in total. The summed E-state index contributed by atoms with van der Waals surface area (Å²) in [6.07, 6.45) is 4.63. The summed E-state index contributed by atoms with van der Waals surface area (Å²) in [5, 5.41) is 12.5. The summed E-state index contributed by atoms with van der Waals surface area (Å²) in [6, 6.07) is 16.4. The van der Waals surface area contributed by atoms with Crippen molar-refractivity contribution < 1.29 is 4.74 Å². The fraction of sp³-hybridized carbons (Fsp3) is 0.348. The van der Waals surface area contributed by atoms with Gasteiger partial charge in [0.2, 0.25) is 0 Å². The maximum absolute atomic E-state index is 5.76. The molecule has 2 aromatic heterocycles. The van der Waals surface area contributed by atoms with Gasteiger partial charge in [-0.2, -0.15) is 0 Å². The first-order valence-corrected chi connectivity index (χ1v) is 10.3. The fourth-order valence-electron chi connectivity index (χ4n) is 4.15. The number of pyridine rings is 1. The summed E-state index contributed by atoms with van der Waals surface area (Å²) < 4.78 is 5.76. The number of benzene rings is 1. The predicted molar refractivity (Wildman–Crippen MR) is 113 cm³/mol. The lowest BCUT2D eigenvalue weighted by atomic mass is 9.92. The monoisotopic (exact) mass is 387 g/mol. The van der Waals surface area contributed by atoms with Crippen molar-refractivity contribution in [2.24, 2.45) is 5.92 Å². The van der Waals surface area contributed by atoms with Gasteiger partial charge in [0, 0.05) is 56.0 Å². The predicted octanol–water partition coefficient (Wildman–Crippen LogP) is 3.13. The zero-order valence-electron chi connectivity index (χ0n) is 16.4. The van der Waals surface area contributed by atoms with E-state index < -0.39 is 0 Å². The molecular formula is C23H25N5O. The molecule has 3 aromatic rings. The van der Waals surface area contributed by atoms with Crippen LogP contribution < -0.4 is 15.0 Å². The van der Waals surface area contributed by atoms with E-state index in [1.165, 1.54) is 5.56 Å². The van der Waals surface area contributed by atoms with Crippen molar-refractivity contribution in [3.8, 4) is 17.0 Å². The largest absolute Gasteiger partial charge is 0.493 e. The highest BCUT2D eigenvalue weighted by atomic mass is 16.5.